The molecule has 4 rings (SSSR count). The van der Waals surface area contributed by atoms with Gasteiger partial charge in [0, 0.05) is 16.8 Å². The number of aryl methyl sites for hydroxylation is 1. The van der Waals surface area contributed by atoms with Crippen molar-refractivity contribution in [3.8, 4) is 34.9 Å². The van der Waals surface area contributed by atoms with Crippen LogP contribution >= 0.6 is 0 Å². The normalized spacial score (nSPS) is 17.4. The Balaban J connectivity index is 2.03. The lowest BCUT2D eigenvalue weighted by atomic mass is 9.83. The van der Waals surface area contributed by atoms with E-state index in [4.69, 9.17) is 29.4 Å². The zero-order chi connectivity index (χ0) is 18.4. The third-order valence-corrected chi connectivity index (χ3v) is 4.45. The molecule has 0 aliphatic carbocycles. The number of aromatic amines is 1. The first kappa shape index (κ1) is 16.0. The molecule has 9 nitrogen and oxygen atoms in total. The highest BCUT2D eigenvalue weighted by Crippen LogP contribution is 2.54. The molecule has 1 aromatic heterocycles. The molecule has 1 aromatic carbocycles. The van der Waals surface area contributed by atoms with Gasteiger partial charge >= 0.3 is 0 Å². The van der Waals surface area contributed by atoms with Crippen molar-refractivity contribution in [2.45, 2.75) is 12.8 Å². The topological polar surface area (TPSA) is 125 Å². The van der Waals surface area contributed by atoms with Crippen LogP contribution in [0.1, 0.15) is 22.7 Å². The first-order valence-electron chi connectivity index (χ1n) is 7.77. The Hall–Kier alpha value is -3.54. The number of H-pyrrole nitrogens is 1. The summed E-state index contributed by atoms with van der Waals surface area (Å²) in [6.45, 7) is 1.92. The summed E-state index contributed by atoms with van der Waals surface area (Å²) in [7, 11) is 3.03. The first-order chi connectivity index (χ1) is 12.6. The minimum Gasteiger partial charge on any atom is -0.492 e. The fourth-order valence-electron chi connectivity index (χ4n) is 3.33. The van der Waals surface area contributed by atoms with E-state index in [0.717, 1.165) is 5.69 Å². The molecule has 0 spiro atoms. The molecular formula is C17H16N4O5. The van der Waals surface area contributed by atoms with E-state index in [0.29, 0.717) is 40.0 Å². The minimum absolute atomic E-state index is 0.00446. The van der Waals surface area contributed by atoms with Gasteiger partial charge < -0.3 is 29.4 Å². The number of benzene rings is 1. The van der Waals surface area contributed by atoms with E-state index in [2.05, 4.69) is 16.3 Å². The number of ether oxygens (including phenoxy) is 5. The van der Waals surface area contributed by atoms with Crippen LogP contribution in [0.15, 0.2) is 17.5 Å². The number of fused-ring (bicyclic) bond motifs is 2. The van der Waals surface area contributed by atoms with Gasteiger partial charge in [0.1, 0.15) is 11.6 Å². The van der Waals surface area contributed by atoms with E-state index in [-0.39, 0.29) is 18.2 Å². The Morgan fingerprint density at radius 3 is 2.77 bits per heavy atom. The molecule has 3 N–H and O–H groups in total. The standard InChI is InChI=1S/C17H16N4O5/c1-7-11-12(9(5-18)16(19)26-17(11)21-20-7)8-4-10-14(25-6-24-10)15(23-3)13(8)22-2/h4,12H,6,19H2,1-3H3,(H,20,21). The number of hydrogen-bond donors (Lipinski definition) is 2. The first-order valence-corrected chi connectivity index (χ1v) is 7.77. The monoisotopic (exact) mass is 356 g/mol. The number of allylic oxidation sites excluding steroid dienone is 1. The van der Waals surface area contributed by atoms with E-state index < -0.39 is 5.92 Å². The lowest BCUT2D eigenvalue weighted by molar-refractivity contribution is 0.170. The number of nitriles is 1. The van der Waals surface area contributed by atoms with Crippen LogP contribution in [0.25, 0.3) is 0 Å². The second-order valence-corrected chi connectivity index (χ2v) is 5.76. The maximum absolute atomic E-state index is 9.70. The number of nitrogens with zero attached hydrogens (tertiary/aromatic N) is 2. The SMILES string of the molecule is COc1c(C2C(C#N)=C(N)Oc3n[nH]c(C)c32)cc2c(c1OC)OCO2. The van der Waals surface area contributed by atoms with Crippen LogP contribution in [0.3, 0.4) is 0 Å². The smallest absolute Gasteiger partial charge is 0.244 e. The Morgan fingerprint density at radius 1 is 1.31 bits per heavy atom. The van der Waals surface area contributed by atoms with Gasteiger partial charge in [0.15, 0.2) is 11.5 Å². The fourth-order valence-corrected chi connectivity index (χ4v) is 3.33. The molecule has 1 unspecified atom stereocenters. The van der Waals surface area contributed by atoms with E-state index in [9.17, 15) is 5.26 Å². The summed E-state index contributed by atoms with van der Waals surface area (Å²) in [5.41, 5.74) is 8.32. The summed E-state index contributed by atoms with van der Waals surface area (Å²) in [4.78, 5) is 0. The Labute approximate surface area is 148 Å². The summed E-state index contributed by atoms with van der Waals surface area (Å²) >= 11 is 0. The van der Waals surface area contributed by atoms with Crippen molar-refractivity contribution in [3.05, 3.63) is 34.3 Å². The van der Waals surface area contributed by atoms with Gasteiger partial charge in [0.05, 0.1) is 20.1 Å². The van der Waals surface area contributed by atoms with Gasteiger partial charge in [-0.3, -0.25) is 5.10 Å². The predicted octanol–water partition coefficient (Wildman–Crippen LogP) is 1.68. The Kier molecular flexibility index (Phi) is 3.54. The van der Waals surface area contributed by atoms with Crippen LogP contribution in [-0.2, 0) is 0 Å². The summed E-state index contributed by atoms with van der Waals surface area (Å²) in [6.07, 6.45) is 0. The van der Waals surface area contributed by atoms with Gasteiger partial charge in [0.25, 0.3) is 0 Å². The van der Waals surface area contributed by atoms with Gasteiger partial charge in [-0.25, -0.2) is 0 Å². The Bertz CT molecular complexity index is 973. The predicted molar refractivity (Wildman–Crippen MR) is 88.3 cm³/mol. The Morgan fingerprint density at radius 2 is 2.08 bits per heavy atom. The van der Waals surface area contributed by atoms with Crippen LogP contribution in [0.2, 0.25) is 0 Å². The van der Waals surface area contributed by atoms with Crippen molar-refractivity contribution in [2.75, 3.05) is 21.0 Å². The van der Waals surface area contributed by atoms with Gasteiger partial charge in [-0.15, -0.1) is 5.10 Å². The van der Waals surface area contributed by atoms with Gasteiger partial charge in [-0.05, 0) is 13.0 Å². The van der Waals surface area contributed by atoms with Crippen LogP contribution in [-0.4, -0.2) is 31.2 Å². The molecule has 2 aliphatic heterocycles. The van der Waals surface area contributed by atoms with Crippen LogP contribution < -0.4 is 29.4 Å². The number of aromatic nitrogens is 2. The summed E-state index contributed by atoms with van der Waals surface area (Å²) in [5, 5.41) is 16.7. The lowest BCUT2D eigenvalue weighted by Gasteiger charge is -2.26. The van der Waals surface area contributed by atoms with Crippen molar-refractivity contribution in [2.24, 2.45) is 5.73 Å². The maximum Gasteiger partial charge on any atom is 0.244 e. The van der Waals surface area contributed by atoms with Crippen molar-refractivity contribution >= 4 is 0 Å². The second kappa shape index (κ2) is 5.77. The number of nitrogens with one attached hydrogen (secondary N) is 1. The van der Waals surface area contributed by atoms with E-state index in [1.165, 1.54) is 14.2 Å². The molecule has 2 aromatic rings. The van der Waals surface area contributed by atoms with Crippen LogP contribution in [0.5, 0.6) is 28.9 Å². The van der Waals surface area contributed by atoms with Crippen LogP contribution in [0.4, 0.5) is 0 Å². The molecule has 134 valence electrons. The summed E-state index contributed by atoms with van der Waals surface area (Å²) < 4.78 is 27.6. The highest BCUT2D eigenvalue weighted by atomic mass is 16.7. The molecule has 0 amide bonds. The third-order valence-electron chi connectivity index (χ3n) is 4.45. The number of hydrogen-bond acceptors (Lipinski definition) is 8. The van der Waals surface area contributed by atoms with Crippen molar-refractivity contribution in [1.82, 2.24) is 10.2 Å². The van der Waals surface area contributed by atoms with Gasteiger partial charge in [-0.2, -0.15) is 5.26 Å². The molecular weight excluding hydrogens is 340 g/mol. The highest BCUT2D eigenvalue weighted by molar-refractivity contribution is 5.68. The molecule has 0 fully saturated rings. The lowest BCUT2D eigenvalue weighted by Crippen LogP contribution is -2.21. The van der Waals surface area contributed by atoms with Crippen molar-refractivity contribution < 1.29 is 23.7 Å². The molecule has 1 atom stereocenters. The maximum atomic E-state index is 9.70. The number of rotatable bonds is 3. The molecule has 0 bridgehead atoms. The van der Waals surface area contributed by atoms with Gasteiger partial charge in [0.2, 0.25) is 30.1 Å². The number of nitrogens with two attached hydrogens (primary N) is 1. The molecule has 2 aliphatic rings. The average molecular weight is 356 g/mol. The molecule has 0 radical (unpaired) electrons. The largest absolute Gasteiger partial charge is 0.492 e. The number of methoxy groups -OCH3 is 2. The second-order valence-electron chi connectivity index (χ2n) is 5.76. The quantitative estimate of drug-likeness (QED) is 0.851. The molecule has 0 saturated carbocycles. The van der Waals surface area contributed by atoms with Crippen LogP contribution in [0, 0.1) is 18.3 Å². The summed E-state index contributed by atoms with van der Waals surface area (Å²) in [5.74, 6) is 1.54. The zero-order valence-corrected chi connectivity index (χ0v) is 14.4. The molecule has 0 saturated heterocycles. The van der Waals surface area contributed by atoms with E-state index in [1.807, 2.05) is 6.92 Å². The van der Waals surface area contributed by atoms with Crippen molar-refractivity contribution in [3.63, 3.8) is 0 Å². The molecule has 9 heteroatoms. The molecule has 3 heterocycles. The minimum atomic E-state index is -0.555. The van der Waals surface area contributed by atoms with Crippen molar-refractivity contribution in [1.29, 1.82) is 5.26 Å². The fraction of sp³-hybridized carbons (Fsp3) is 0.294. The average Bonchev–Trinajstić information content (AvgIpc) is 3.25. The van der Waals surface area contributed by atoms with E-state index >= 15 is 0 Å². The van der Waals surface area contributed by atoms with E-state index in [1.54, 1.807) is 6.07 Å². The zero-order valence-electron chi connectivity index (χ0n) is 14.4. The highest BCUT2D eigenvalue weighted by Gasteiger charge is 2.38. The summed E-state index contributed by atoms with van der Waals surface area (Å²) in [6, 6.07) is 3.90. The van der Waals surface area contributed by atoms with Gasteiger partial charge in [-0.1, -0.05) is 0 Å². The molecule has 26 heavy (non-hydrogen) atoms. The third kappa shape index (κ3) is 2.05.